The van der Waals surface area contributed by atoms with E-state index in [9.17, 15) is 10.1 Å². The summed E-state index contributed by atoms with van der Waals surface area (Å²) in [5.41, 5.74) is 2.15. The van der Waals surface area contributed by atoms with Gasteiger partial charge in [0.15, 0.2) is 11.5 Å². The smallest absolute Gasteiger partial charge is 0.266 e. The first kappa shape index (κ1) is 20.0. The van der Waals surface area contributed by atoms with Crippen LogP contribution < -0.4 is 19.5 Å². The number of nitrogens with one attached hydrogen (secondary N) is 1. The fraction of sp³-hybridized carbons (Fsp3) is 0.120. The quantitative estimate of drug-likeness (QED) is 0.473. The first-order chi connectivity index (χ1) is 15.2. The molecule has 3 aromatic carbocycles. The average molecular weight is 412 g/mol. The molecule has 0 saturated carbocycles. The zero-order valence-electron chi connectivity index (χ0n) is 16.7. The van der Waals surface area contributed by atoms with E-state index in [0.717, 1.165) is 5.56 Å². The van der Waals surface area contributed by atoms with Crippen LogP contribution in [0.25, 0.3) is 6.08 Å². The lowest BCUT2D eigenvalue weighted by atomic mass is 10.1. The summed E-state index contributed by atoms with van der Waals surface area (Å²) >= 11 is 0. The van der Waals surface area contributed by atoms with Gasteiger partial charge in [-0.15, -0.1) is 0 Å². The fourth-order valence-electron chi connectivity index (χ4n) is 3.09. The van der Waals surface area contributed by atoms with Gasteiger partial charge in [-0.25, -0.2) is 0 Å². The van der Waals surface area contributed by atoms with Crippen molar-refractivity contribution < 1.29 is 19.0 Å². The summed E-state index contributed by atoms with van der Waals surface area (Å²) in [6, 6.07) is 24.1. The number of carbonyl (C=O) groups is 1. The Morgan fingerprint density at radius 3 is 2.55 bits per heavy atom. The van der Waals surface area contributed by atoms with Crippen LogP contribution in [0.15, 0.2) is 78.4 Å². The lowest BCUT2D eigenvalue weighted by Crippen LogP contribution is -2.17. The van der Waals surface area contributed by atoms with E-state index in [1.165, 1.54) is 6.08 Å². The fourth-order valence-corrected chi connectivity index (χ4v) is 3.09. The summed E-state index contributed by atoms with van der Waals surface area (Å²) in [6.07, 6.45) is 1.52. The third kappa shape index (κ3) is 5.03. The van der Waals surface area contributed by atoms with Crippen molar-refractivity contribution in [1.82, 2.24) is 0 Å². The number of amides is 1. The Bertz CT molecular complexity index is 1150. The van der Waals surface area contributed by atoms with Crippen LogP contribution in [0.4, 0.5) is 5.69 Å². The molecule has 31 heavy (non-hydrogen) atoms. The van der Waals surface area contributed by atoms with Crippen LogP contribution in [-0.4, -0.2) is 19.1 Å². The predicted octanol–water partition coefficient (Wildman–Crippen LogP) is 4.58. The largest absolute Gasteiger partial charge is 0.488 e. The van der Waals surface area contributed by atoms with Gasteiger partial charge in [-0.1, -0.05) is 48.5 Å². The number of fused-ring (bicyclic) bond motifs is 1. The molecule has 0 atom stereocenters. The third-order valence-corrected chi connectivity index (χ3v) is 4.62. The molecule has 4 rings (SSSR count). The summed E-state index contributed by atoms with van der Waals surface area (Å²) in [7, 11) is 0. The molecule has 6 nitrogen and oxygen atoms in total. The van der Waals surface area contributed by atoms with Crippen LogP contribution in [0.2, 0.25) is 0 Å². The molecule has 0 bridgehead atoms. The first-order valence-electron chi connectivity index (χ1n) is 9.81. The molecular weight excluding hydrogens is 392 g/mol. The van der Waals surface area contributed by atoms with Crippen LogP contribution in [0, 0.1) is 11.3 Å². The lowest BCUT2D eigenvalue weighted by Gasteiger charge is -2.19. The number of hydrogen-bond acceptors (Lipinski definition) is 5. The second kappa shape index (κ2) is 9.51. The number of benzene rings is 3. The number of anilines is 1. The second-order valence-electron chi connectivity index (χ2n) is 6.79. The van der Waals surface area contributed by atoms with Crippen molar-refractivity contribution in [2.75, 3.05) is 18.5 Å². The van der Waals surface area contributed by atoms with Gasteiger partial charge < -0.3 is 19.5 Å². The maximum Gasteiger partial charge on any atom is 0.266 e. The molecule has 1 aliphatic rings. The molecule has 154 valence electrons. The van der Waals surface area contributed by atoms with E-state index in [4.69, 9.17) is 14.2 Å². The molecule has 0 radical (unpaired) electrons. The molecular formula is C25H20N2O4. The molecule has 0 saturated heterocycles. The van der Waals surface area contributed by atoms with Gasteiger partial charge >= 0.3 is 0 Å². The van der Waals surface area contributed by atoms with Crippen molar-refractivity contribution in [2.45, 2.75) is 6.61 Å². The Balaban J connectivity index is 1.50. The van der Waals surface area contributed by atoms with E-state index in [1.54, 1.807) is 24.3 Å². The highest BCUT2D eigenvalue weighted by Crippen LogP contribution is 2.32. The molecule has 3 aromatic rings. The van der Waals surface area contributed by atoms with Crippen molar-refractivity contribution in [3.63, 3.8) is 0 Å². The van der Waals surface area contributed by atoms with Crippen molar-refractivity contribution in [3.05, 3.63) is 89.5 Å². The van der Waals surface area contributed by atoms with Crippen LogP contribution in [0.3, 0.4) is 0 Å². The highest BCUT2D eigenvalue weighted by atomic mass is 16.6. The Morgan fingerprint density at radius 2 is 1.74 bits per heavy atom. The number of rotatable bonds is 6. The van der Waals surface area contributed by atoms with Crippen molar-refractivity contribution >= 4 is 17.7 Å². The first-order valence-corrected chi connectivity index (χ1v) is 9.81. The predicted molar refractivity (Wildman–Crippen MR) is 117 cm³/mol. The number of nitrogens with zero attached hydrogens (tertiary/aromatic N) is 1. The summed E-state index contributed by atoms with van der Waals surface area (Å²) < 4.78 is 16.9. The third-order valence-electron chi connectivity index (χ3n) is 4.62. The molecule has 0 spiro atoms. The van der Waals surface area contributed by atoms with Crippen LogP contribution in [-0.2, 0) is 11.4 Å². The van der Waals surface area contributed by atoms with Gasteiger partial charge in [-0.05, 0) is 29.8 Å². The number of hydrogen-bond donors (Lipinski definition) is 1. The van der Waals surface area contributed by atoms with E-state index in [0.29, 0.717) is 48.3 Å². The normalized spacial score (nSPS) is 12.5. The van der Waals surface area contributed by atoms with E-state index < -0.39 is 5.91 Å². The summed E-state index contributed by atoms with van der Waals surface area (Å²) in [4.78, 5) is 12.7. The van der Waals surface area contributed by atoms with Crippen molar-refractivity contribution in [1.29, 1.82) is 5.26 Å². The van der Waals surface area contributed by atoms with Gasteiger partial charge in [-0.3, -0.25) is 4.79 Å². The van der Waals surface area contributed by atoms with Crippen molar-refractivity contribution in [3.8, 4) is 23.3 Å². The minimum atomic E-state index is -0.517. The number of carbonyl (C=O) groups excluding carboxylic acids is 1. The molecule has 1 amide bonds. The van der Waals surface area contributed by atoms with Gasteiger partial charge in [-0.2, -0.15) is 5.26 Å². The molecule has 1 aliphatic heterocycles. The van der Waals surface area contributed by atoms with Gasteiger partial charge in [0.1, 0.15) is 37.2 Å². The van der Waals surface area contributed by atoms with Gasteiger partial charge in [0, 0.05) is 17.3 Å². The molecule has 0 aromatic heterocycles. The number of nitriles is 1. The molecule has 0 unspecified atom stereocenters. The molecule has 0 fully saturated rings. The van der Waals surface area contributed by atoms with Crippen LogP contribution in [0.1, 0.15) is 11.1 Å². The SMILES string of the molecule is N#CC(=Cc1ccccc1OCc1ccccc1)C(=O)Nc1ccc2c(c1)OCCO2. The average Bonchev–Trinajstić information content (AvgIpc) is 2.82. The Labute approximate surface area is 180 Å². The van der Waals surface area contributed by atoms with Crippen LogP contribution in [0.5, 0.6) is 17.2 Å². The minimum absolute atomic E-state index is 0.0364. The van der Waals surface area contributed by atoms with Gasteiger partial charge in [0.25, 0.3) is 5.91 Å². The Hall–Kier alpha value is -4.24. The highest BCUT2D eigenvalue weighted by molar-refractivity contribution is 6.10. The summed E-state index contributed by atoms with van der Waals surface area (Å²) in [5, 5.41) is 12.3. The van der Waals surface area contributed by atoms with Gasteiger partial charge in [0.05, 0.1) is 0 Å². The summed E-state index contributed by atoms with van der Waals surface area (Å²) in [6.45, 7) is 1.33. The number of ether oxygens (including phenoxy) is 3. The topological polar surface area (TPSA) is 80.6 Å². The Kier molecular flexibility index (Phi) is 6.15. The molecule has 1 N–H and O–H groups in total. The summed E-state index contributed by atoms with van der Waals surface area (Å²) in [5.74, 6) is 1.26. The van der Waals surface area contributed by atoms with E-state index in [-0.39, 0.29) is 5.57 Å². The van der Waals surface area contributed by atoms with Crippen LogP contribution >= 0.6 is 0 Å². The maximum absolute atomic E-state index is 12.7. The molecule has 0 aliphatic carbocycles. The maximum atomic E-state index is 12.7. The van der Waals surface area contributed by atoms with Gasteiger partial charge in [0.2, 0.25) is 0 Å². The molecule has 6 heteroatoms. The molecule has 1 heterocycles. The zero-order valence-corrected chi connectivity index (χ0v) is 16.7. The minimum Gasteiger partial charge on any atom is -0.488 e. The monoisotopic (exact) mass is 412 g/mol. The standard InChI is InChI=1S/C25H20N2O4/c26-16-20(25(28)27-21-10-11-23-24(15-21)30-13-12-29-23)14-19-8-4-5-9-22(19)31-17-18-6-2-1-3-7-18/h1-11,14-15H,12-13,17H2,(H,27,28). The van der Waals surface area contributed by atoms with E-state index >= 15 is 0 Å². The highest BCUT2D eigenvalue weighted by Gasteiger charge is 2.15. The van der Waals surface area contributed by atoms with E-state index in [2.05, 4.69) is 5.32 Å². The number of para-hydroxylation sites is 1. The zero-order chi connectivity index (χ0) is 21.5. The lowest BCUT2D eigenvalue weighted by molar-refractivity contribution is -0.112. The second-order valence-corrected chi connectivity index (χ2v) is 6.79. The van der Waals surface area contributed by atoms with Crippen molar-refractivity contribution in [2.24, 2.45) is 0 Å². The Morgan fingerprint density at radius 1 is 1.00 bits per heavy atom. The van der Waals surface area contributed by atoms with E-state index in [1.807, 2.05) is 54.6 Å².